The van der Waals surface area contributed by atoms with Crippen LogP contribution in [0.15, 0.2) is 16.7 Å². The number of carboxylic acids is 1. The predicted molar refractivity (Wildman–Crippen MR) is 81.3 cm³/mol. The van der Waals surface area contributed by atoms with Crippen molar-refractivity contribution < 1.29 is 14.7 Å². The van der Waals surface area contributed by atoms with Crippen molar-refractivity contribution in [2.75, 3.05) is 6.54 Å². The Morgan fingerprint density at radius 2 is 1.95 bits per heavy atom. The quantitative estimate of drug-likeness (QED) is 0.907. The molecular weight excluding hydrogens is 336 g/mol. The van der Waals surface area contributed by atoms with Crippen molar-refractivity contribution in [1.82, 2.24) is 9.47 Å². The van der Waals surface area contributed by atoms with Gasteiger partial charge in [0.1, 0.15) is 11.7 Å². The smallest absolute Gasteiger partial charge is 0.326 e. The van der Waals surface area contributed by atoms with E-state index in [0.29, 0.717) is 24.7 Å². The second-order valence-corrected chi connectivity index (χ2v) is 6.80. The number of aliphatic carboxylic acids is 1. The van der Waals surface area contributed by atoms with Gasteiger partial charge in [-0.2, -0.15) is 0 Å². The van der Waals surface area contributed by atoms with Gasteiger partial charge in [0.25, 0.3) is 5.91 Å². The van der Waals surface area contributed by atoms with E-state index < -0.39 is 12.0 Å². The normalized spacial score (nSPS) is 22.9. The molecule has 6 heteroatoms. The monoisotopic (exact) mass is 354 g/mol. The molecule has 0 bridgehead atoms. The summed E-state index contributed by atoms with van der Waals surface area (Å²) < 4.78 is 2.87. The van der Waals surface area contributed by atoms with Crippen LogP contribution < -0.4 is 0 Å². The lowest BCUT2D eigenvalue weighted by atomic mass is 10.1. The topological polar surface area (TPSA) is 62.5 Å². The van der Waals surface area contributed by atoms with E-state index in [1.807, 2.05) is 16.8 Å². The van der Waals surface area contributed by atoms with Crippen molar-refractivity contribution in [2.24, 2.45) is 0 Å². The van der Waals surface area contributed by atoms with Crippen molar-refractivity contribution in [1.29, 1.82) is 0 Å². The van der Waals surface area contributed by atoms with Crippen molar-refractivity contribution in [2.45, 2.75) is 50.6 Å². The molecule has 1 saturated carbocycles. The summed E-state index contributed by atoms with van der Waals surface area (Å²) in [5, 5.41) is 9.42. The molecule has 2 aliphatic rings. The molecule has 1 amide bonds. The first-order chi connectivity index (χ1) is 10.1. The molecule has 2 heterocycles. The molecule has 114 valence electrons. The number of amides is 1. The summed E-state index contributed by atoms with van der Waals surface area (Å²) in [6.45, 7) is 0.531. The number of carbonyl (C=O) groups is 2. The lowest BCUT2D eigenvalue weighted by Gasteiger charge is -2.27. The van der Waals surface area contributed by atoms with Crippen LogP contribution in [0.2, 0.25) is 0 Å². The molecule has 1 saturated heterocycles. The maximum atomic E-state index is 12.9. The number of hydrogen-bond donors (Lipinski definition) is 1. The predicted octanol–water partition coefficient (Wildman–Crippen LogP) is 3.05. The van der Waals surface area contributed by atoms with E-state index in [0.717, 1.165) is 36.6 Å². The summed E-state index contributed by atoms with van der Waals surface area (Å²) in [7, 11) is 0. The van der Waals surface area contributed by atoms with Crippen LogP contribution in [-0.4, -0.2) is 39.0 Å². The summed E-state index contributed by atoms with van der Waals surface area (Å²) in [6.07, 6.45) is 7.38. The van der Waals surface area contributed by atoms with E-state index in [1.54, 1.807) is 4.90 Å². The van der Waals surface area contributed by atoms with Gasteiger partial charge in [-0.25, -0.2) is 4.79 Å². The van der Waals surface area contributed by atoms with Crippen LogP contribution in [0.25, 0.3) is 0 Å². The van der Waals surface area contributed by atoms with E-state index >= 15 is 0 Å². The highest BCUT2D eigenvalue weighted by Crippen LogP contribution is 2.38. The second kappa shape index (κ2) is 5.83. The molecule has 1 aliphatic carbocycles. The van der Waals surface area contributed by atoms with Gasteiger partial charge in [0.05, 0.1) is 0 Å². The standard InChI is InChI=1S/C15H19BrN2O3/c16-10-8-13(18(9-10)11-5-6-11)14(19)17-7-3-1-2-4-12(17)15(20)21/h8-9,11-12H,1-7H2,(H,20,21). The molecule has 1 aromatic heterocycles. The Bertz CT molecular complexity index is 565. The van der Waals surface area contributed by atoms with Gasteiger partial charge in [-0.05, 0) is 47.7 Å². The Labute approximate surface area is 132 Å². The lowest BCUT2D eigenvalue weighted by Crippen LogP contribution is -2.45. The van der Waals surface area contributed by atoms with Gasteiger partial charge in [0.2, 0.25) is 0 Å². The van der Waals surface area contributed by atoms with Gasteiger partial charge in [0.15, 0.2) is 0 Å². The molecule has 5 nitrogen and oxygen atoms in total. The van der Waals surface area contributed by atoms with E-state index in [-0.39, 0.29) is 5.91 Å². The minimum atomic E-state index is -0.895. The van der Waals surface area contributed by atoms with E-state index in [2.05, 4.69) is 15.9 Å². The maximum Gasteiger partial charge on any atom is 0.326 e. The van der Waals surface area contributed by atoms with Crippen molar-refractivity contribution in [3.63, 3.8) is 0 Å². The molecule has 0 radical (unpaired) electrons. The molecule has 0 aromatic carbocycles. The van der Waals surface area contributed by atoms with Crippen molar-refractivity contribution >= 4 is 27.8 Å². The van der Waals surface area contributed by atoms with Crippen LogP contribution in [-0.2, 0) is 4.79 Å². The Morgan fingerprint density at radius 1 is 1.19 bits per heavy atom. The summed E-state index contributed by atoms with van der Waals surface area (Å²) in [4.78, 5) is 25.9. The SMILES string of the molecule is O=C(O)C1CCCCCN1C(=O)c1cc(Br)cn1C1CC1. The van der Waals surface area contributed by atoms with Crippen LogP contribution in [0.3, 0.4) is 0 Å². The summed E-state index contributed by atoms with van der Waals surface area (Å²) in [5.41, 5.74) is 0.609. The number of likely N-dealkylation sites (tertiary alicyclic amines) is 1. The van der Waals surface area contributed by atoms with Crippen LogP contribution in [0, 0.1) is 0 Å². The number of carbonyl (C=O) groups excluding carboxylic acids is 1. The van der Waals surface area contributed by atoms with Gasteiger partial charge in [0, 0.05) is 23.3 Å². The van der Waals surface area contributed by atoms with E-state index in [1.165, 1.54) is 0 Å². The molecule has 21 heavy (non-hydrogen) atoms. The Balaban J connectivity index is 1.90. The van der Waals surface area contributed by atoms with Gasteiger partial charge in [-0.1, -0.05) is 12.8 Å². The van der Waals surface area contributed by atoms with Crippen molar-refractivity contribution in [3.8, 4) is 0 Å². The Kier molecular flexibility index (Phi) is 4.06. The van der Waals surface area contributed by atoms with Crippen LogP contribution >= 0.6 is 15.9 Å². The second-order valence-electron chi connectivity index (χ2n) is 5.88. The third-order valence-corrected chi connectivity index (χ3v) is 4.71. The average molecular weight is 355 g/mol. The number of hydrogen-bond acceptors (Lipinski definition) is 2. The largest absolute Gasteiger partial charge is 0.480 e. The zero-order chi connectivity index (χ0) is 15.0. The molecule has 1 aliphatic heterocycles. The third-order valence-electron chi connectivity index (χ3n) is 4.27. The minimum absolute atomic E-state index is 0.151. The molecular formula is C15H19BrN2O3. The highest BCUT2D eigenvalue weighted by molar-refractivity contribution is 9.10. The summed E-state index contributed by atoms with van der Waals surface area (Å²) in [6, 6.07) is 1.51. The highest BCUT2D eigenvalue weighted by atomic mass is 79.9. The molecule has 1 aromatic rings. The average Bonchev–Trinajstić information content (AvgIpc) is 3.24. The van der Waals surface area contributed by atoms with Gasteiger partial charge < -0.3 is 14.6 Å². The molecule has 0 spiro atoms. The number of halogens is 1. The molecule has 1 unspecified atom stereocenters. The van der Waals surface area contributed by atoms with E-state index in [9.17, 15) is 14.7 Å². The first-order valence-electron chi connectivity index (χ1n) is 7.49. The maximum absolute atomic E-state index is 12.9. The number of carboxylic acid groups (broad SMARTS) is 1. The zero-order valence-corrected chi connectivity index (χ0v) is 13.4. The third kappa shape index (κ3) is 3.00. The van der Waals surface area contributed by atoms with Crippen LogP contribution in [0.1, 0.15) is 55.1 Å². The molecule has 2 fully saturated rings. The Hall–Kier alpha value is -1.30. The fourth-order valence-corrected chi connectivity index (χ4v) is 3.46. The fourth-order valence-electron chi connectivity index (χ4n) is 3.03. The van der Waals surface area contributed by atoms with Gasteiger partial charge >= 0.3 is 5.97 Å². The summed E-state index contributed by atoms with van der Waals surface area (Å²) in [5.74, 6) is -1.05. The number of nitrogens with zero attached hydrogens (tertiary/aromatic N) is 2. The fraction of sp³-hybridized carbons (Fsp3) is 0.600. The zero-order valence-electron chi connectivity index (χ0n) is 11.8. The number of aromatic nitrogens is 1. The minimum Gasteiger partial charge on any atom is -0.480 e. The highest BCUT2D eigenvalue weighted by Gasteiger charge is 2.35. The molecule has 1 N–H and O–H groups in total. The van der Waals surface area contributed by atoms with E-state index in [4.69, 9.17) is 0 Å². The molecule has 3 rings (SSSR count). The van der Waals surface area contributed by atoms with Crippen LogP contribution in [0.4, 0.5) is 0 Å². The van der Waals surface area contributed by atoms with Gasteiger partial charge in [-0.15, -0.1) is 0 Å². The molecule has 1 atom stereocenters. The first kappa shape index (κ1) is 14.6. The van der Waals surface area contributed by atoms with Gasteiger partial charge in [-0.3, -0.25) is 4.79 Å². The number of rotatable bonds is 3. The van der Waals surface area contributed by atoms with Crippen molar-refractivity contribution in [3.05, 3.63) is 22.4 Å². The van der Waals surface area contributed by atoms with Crippen LogP contribution in [0.5, 0.6) is 0 Å². The first-order valence-corrected chi connectivity index (χ1v) is 8.28. The Morgan fingerprint density at radius 3 is 2.62 bits per heavy atom. The lowest BCUT2D eigenvalue weighted by molar-refractivity contribution is -0.142. The summed E-state index contributed by atoms with van der Waals surface area (Å²) >= 11 is 3.42.